The van der Waals surface area contributed by atoms with Crippen molar-refractivity contribution < 1.29 is 14.7 Å². The molecule has 1 aromatic carbocycles. The number of carbonyl (C=O) groups is 2. The summed E-state index contributed by atoms with van der Waals surface area (Å²) in [5, 5.41) is 9.03. The van der Waals surface area contributed by atoms with Crippen molar-refractivity contribution in [2.24, 2.45) is 0 Å². The highest BCUT2D eigenvalue weighted by Crippen LogP contribution is 2.18. The van der Waals surface area contributed by atoms with Gasteiger partial charge in [-0.1, -0.05) is 28.1 Å². The molecule has 0 radical (unpaired) electrons. The van der Waals surface area contributed by atoms with Crippen LogP contribution >= 0.6 is 15.9 Å². The van der Waals surface area contributed by atoms with Gasteiger partial charge < -0.3 is 10.0 Å². The van der Waals surface area contributed by atoms with E-state index in [1.54, 1.807) is 6.08 Å². The number of amides is 1. The van der Waals surface area contributed by atoms with Crippen LogP contribution in [-0.4, -0.2) is 34.5 Å². The van der Waals surface area contributed by atoms with E-state index in [9.17, 15) is 9.59 Å². The first kappa shape index (κ1) is 13.8. The second-order valence-electron chi connectivity index (χ2n) is 4.41. The van der Waals surface area contributed by atoms with Crippen molar-refractivity contribution >= 4 is 33.9 Å². The maximum Gasteiger partial charge on any atom is 0.326 e. The average molecular weight is 324 g/mol. The van der Waals surface area contributed by atoms with Gasteiger partial charge in [-0.2, -0.15) is 0 Å². The Morgan fingerprint density at radius 2 is 2.00 bits per heavy atom. The fraction of sp³-hybridized carbons (Fsp3) is 0.286. The zero-order chi connectivity index (χ0) is 13.8. The number of rotatable bonds is 3. The van der Waals surface area contributed by atoms with Gasteiger partial charge in [0.2, 0.25) is 5.91 Å². The topological polar surface area (TPSA) is 57.6 Å². The quantitative estimate of drug-likeness (QED) is 0.870. The van der Waals surface area contributed by atoms with Crippen molar-refractivity contribution in [3.63, 3.8) is 0 Å². The van der Waals surface area contributed by atoms with Crippen molar-refractivity contribution in [3.8, 4) is 0 Å². The summed E-state index contributed by atoms with van der Waals surface area (Å²) in [6, 6.07) is 6.86. The molecule has 1 aromatic rings. The molecule has 100 valence electrons. The number of carbonyl (C=O) groups excluding carboxylic acids is 1. The largest absolute Gasteiger partial charge is 0.480 e. The molecule has 19 heavy (non-hydrogen) atoms. The fourth-order valence-electron chi connectivity index (χ4n) is 2.12. The Hall–Kier alpha value is -1.62. The molecule has 1 fully saturated rings. The molecule has 1 saturated heterocycles. The minimum absolute atomic E-state index is 0.243. The van der Waals surface area contributed by atoms with Gasteiger partial charge in [-0.05, 0) is 36.6 Å². The summed E-state index contributed by atoms with van der Waals surface area (Å²) in [5.74, 6) is -1.17. The van der Waals surface area contributed by atoms with Crippen molar-refractivity contribution in [2.45, 2.75) is 18.9 Å². The van der Waals surface area contributed by atoms with Crippen LogP contribution in [0.25, 0.3) is 6.08 Å². The monoisotopic (exact) mass is 323 g/mol. The molecule has 0 unspecified atom stereocenters. The minimum Gasteiger partial charge on any atom is -0.480 e. The van der Waals surface area contributed by atoms with Crippen molar-refractivity contribution in [1.29, 1.82) is 0 Å². The highest BCUT2D eigenvalue weighted by Gasteiger charge is 2.32. The number of hydrogen-bond donors (Lipinski definition) is 1. The zero-order valence-electron chi connectivity index (χ0n) is 10.3. The molecule has 2 rings (SSSR count). The second kappa shape index (κ2) is 6.02. The third-order valence-corrected chi connectivity index (χ3v) is 3.64. The first-order chi connectivity index (χ1) is 9.08. The van der Waals surface area contributed by atoms with Gasteiger partial charge in [-0.15, -0.1) is 0 Å². The molecule has 4 nitrogen and oxygen atoms in total. The number of benzene rings is 1. The van der Waals surface area contributed by atoms with Gasteiger partial charge in [0.25, 0.3) is 0 Å². The number of aliphatic carboxylic acids is 1. The lowest BCUT2D eigenvalue weighted by Crippen LogP contribution is -2.39. The van der Waals surface area contributed by atoms with E-state index in [0.717, 1.165) is 16.5 Å². The summed E-state index contributed by atoms with van der Waals surface area (Å²) in [6.07, 6.45) is 4.42. The van der Waals surface area contributed by atoms with E-state index < -0.39 is 12.0 Å². The van der Waals surface area contributed by atoms with E-state index in [4.69, 9.17) is 5.11 Å². The predicted molar refractivity (Wildman–Crippen MR) is 75.5 cm³/mol. The zero-order valence-corrected chi connectivity index (χ0v) is 11.8. The van der Waals surface area contributed by atoms with E-state index in [2.05, 4.69) is 15.9 Å². The van der Waals surface area contributed by atoms with Crippen LogP contribution in [0.4, 0.5) is 0 Å². The van der Waals surface area contributed by atoms with Gasteiger partial charge in [-0.25, -0.2) is 4.79 Å². The number of nitrogens with zero attached hydrogens (tertiary/aromatic N) is 1. The Morgan fingerprint density at radius 3 is 2.63 bits per heavy atom. The highest BCUT2D eigenvalue weighted by molar-refractivity contribution is 9.10. The van der Waals surface area contributed by atoms with E-state index in [-0.39, 0.29) is 5.91 Å². The summed E-state index contributed by atoms with van der Waals surface area (Å²) in [6.45, 7) is 0.514. The SMILES string of the molecule is O=C(O)[C@@H]1CCCN1C(=O)/C=C/c1ccc(Br)cc1. The molecular weight excluding hydrogens is 310 g/mol. The van der Waals surface area contributed by atoms with E-state index in [0.29, 0.717) is 13.0 Å². The molecular formula is C14H14BrNO3. The number of carboxylic acid groups (broad SMARTS) is 1. The second-order valence-corrected chi connectivity index (χ2v) is 5.33. The van der Waals surface area contributed by atoms with Crippen LogP contribution < -0.4 is 0 Å². The summed E-state index contributed by atoms with van der Waals surface area (Å²) in [5.41, 5.74) is 0.905. The molecule has 0 saturated carbocycles. The standard InChI is InChI=1S/C14H14BrNO3/c15-11-6-3-10(4-7-11)5-8-13(17)16-9-1-2-12(16)14(18)19/h3-8,12H,1-2,9H2,(H,18,19)/b8-5+/t12-/m0/s1. The Balaban J connectivity index is 2.04. The van der Waals surface area contributed by atoms with Gasteiger partial charge in [0, 0.05) is 17.1 Å². The molecule has 0 spiro atoms. The molecule has 1 N–H and O–H groups in total. The van der Waals surface area contributed by atoms with Gasteiger partial charge in [-0.3, -0.25) is 4.79 Å². The minimum atomic E-state index is -0.928. The molecule has 1 amide bonds. The Morgan fingerprint density at radius 1 is 1.32 bits per heavy atom. The van der Waals surface area contributed by atoms with Crippen molar-refractivity contribution in [1.82, 2.24) is 4.90 Å². The molecule has 1 atom stereocenters. The van der Waals surface area contributed by atoms with Crippen LogP contribution in [0.15, 0.2) is 34.8 Å². The third kappa shape index (κ3) is 3.44. The molecule has 0 aliphatic carbocycles. The van der Waals surface area contributed by atoms with Crippen molar-refractivity contribution in [3.05, 3.63) is 40.4 Å². The summed E-state index contributed by atoms with van der Waals surface area (Å²) >= 11 is 3.34. The van der Waals surface area contributed by atoms with E-state index in [1.807, 2.05) is 24.3 Å². The maximum absolute atomic E-state index is 12.0. The van der Waals surface area contributed by atoms with Crippen LogP contribution in [0.1, 0.15) is 18.4 Å². The Bertz CT molecular complexity index is 510. The van der Waals surface area contributed by atoms with Crippen LogP contribution in [0.3, 0.4) is 0 Å². The molecule has 0 aromatic heterocycles. The van der Waals surface area contributed by atoms with Crippen LogP contribution in [0.5, 0.6) is 0 Å². The number of carboxylic acids is 1. The Kier molecular flexibility index (Phi) is 4.37. The highest BCUT2D eigenvalue weighted by atomic mass is 79.9. The van der Waals surface area contributed by atoms with Crippen LogP contribution in [0.2, 0.25) is 0 Å². The summed E-state index contributed by atoms with van der Waals surface area (Å²) in [4.78, 5) is 24.4. The normalized spacial score (nSPS) is 19.0. The third-order valence-electron chi connectivity index (χ3n) is 3.11. The first-order valence-electron chi connectivity index (χ1n) is 6.05. The smallest absolute Gasteiger partial charge is 0.326 e. The Labute approximate surface area is 119 Å². The summed E-state index contributed by atoms with van der Waals surface area (Å²) < 4.78 is 0.974. The molecule has 1 heterocycles. The van der Waals surface area contributed by atoms with Gasteiger partial charge in [0.05, 0.1) is 0 Å². The number of halogens is 1. The van der Waals surface area contributed by atoms with E-state index >= 15 is 0 Å². The maximum atomic E-state index is 12.0. The lowest BCUT2D eigenvalue weighted by molar-refractivity contribution is -0.146. The van der Waals surface area contributed by atoms with Gasteiger partial charge >= 0.3 is 5.97 Å². The molecule has 1 aliphatic rings. The summed E-state index contributed by atoms with van der Waals surface area (Å²) in [7, 11) is 0. The first-order valence-corrected chi connectivity index (χ1v) is 6.84. The molecule has 0 bridgehead atoms. The van der Waals surface area contributed by atoms with E-state index in [1.165, 1.54) is 11.0 Å². The predicted octanol–water partition coefficient (Wildman–Crippen LogP) is 2.54. The van der Waals surface area contributed by atoms with Gasteiger partial charge in [0.15, 0.2) is 0 Å². The van der Waals surface area contributed by atoms with Crippen LogP contribution in [-0.2, 0) is 9.59 Å². The number of hydrogen-bond acceptors (Lipinski definition) is 2. The number of likely N-dealkylation sites (tertiary alicyclic amines) is 1. The fourth-order valence-corrected chi connectivity index (χ4v) is 2.39. The lowest BCUT2D eigenvalue weighted by Gasteiger charge is -2.19. The lowest BCUT2D eigenvalue weighted by atomic mass is 10.2. The molecule has 1 aliphatic heterocycles. The van der Waals surface area contributed by atoms with Gasteiger partial charge in [0.1, 0.15) is 6.04 Å². The van der Waals surface area contributed by atoms with Crippen LogP contribution in [0, 0.1) is 0 Å². The molecule has 5 heteroatoms. The average Bonchev–Trinajstić information content (AvgIpc) is 2.87. The van der Waals surface area contributed by atoms with Crippen molar-refractivity contribution in [2.75, 3.05) is 6.54 Å².